The van der Waals surface area contributed by atoms with E-state index in [4.69, 9.17) is 5.73 Å². The van der Waals surface area contributed by atoms with Crippen molar-refractivity contribution in [3.63, 3.8) is 0 Å². The van der Waals surface area contributed by atoms with Gasteiger partial charge in [-0.15, -0.1) is 0 Å². The number of amides is 2. The Bertz CT molecular complexity index is 508. The summed E-state index contributed by atoms with van der Waals surface area (Å²) in [5, 5.41) is 0. The van der Waals surface area contributed by atoms with Gasteiger partial charge < -0.3 is 10.6 Å². The van der Waals surface area contributed by atoms with Gasteiger partial charge in [0.15, 0.2) is 0 Å². The molecular formula is C15H18N2O2. The molecule has 1 aliphatic heterocycles. The van der Waals surface area contributed by atoms with E-state index in [-0.39, 0.29) is 17.2 Å². The molecule has 1 heterocycles. The molecule has 19 heavy (non-hydrogen) atoms. The molecule has 4 heteroatoms. The minimum Gasteiger partial charge on any atom is -0.368 e. The standard InChI is InChI=1S/C15H18N2O2/c16-13(18)12-7-4-10-17(12)14(19)15(8-9-15)11-5-2-1-3-6-11/h1-3,5-6,12H,4,7-10H2,(H2,16,18). The Balaban J connectivity index is 1.86. The fraction of sp³-hybridized carbons (Fsp3) is 0.467. The Morgan fingerprint density at radius 3 is 2.47 bits per heavy atom. The van der Waals surface area contributed by atoms with Crippen LogP contribution >= 0.6 is 0 Å². The van der Waals surface area contributed by atoms with Crippen LogP contribution in [-0.2, 0) is 15.0 Å². The maximum absolute atomic E-state index is 12.8. The summed E-state index contributed by atoms with van der Waals surface area (Å²) in [5.74, 6) is -0.297. The first-order valence-corrected chi connectivity index (χ1v) is 6.81. The zero-order valence-corrected chi connectivity index (χ0v) is 10.8. The van der Waals surface area contributed by atoms with Crippen LogP contribution in [0.25, 0.3) is 0 Å². The van der Waals surface area contributed by atoms with Crippen molar-refractivity contribution in [2.75, 3.05) is 6.54 Å². The second kappa shape index (κ2) is 4.37. The number of carbonyl (C=O) groups is 2. The molecule has 1 saturated carbocycles. The number of benzene rings is 1. The Morgan fingerprint density at radius 2 is 1.89 bits per heavy atom. The van der Waals surface area contributed by atoms with Crippen molar-refractivity contribution in [2.24, 2.45) is 5.73 Å². The smallest absolute Gasteiger partial charge is 0.240 e. The van der Waals surface area contributed by atoms with Gasteiger partial charge in [0, 0.05) is 6.54 Å². The maximum atomic E-state index is 12.8. The third-order valence-corrected chi connectivity index (χ3v) is 4.33. The average Bonchev–Trinajstić information content (AvgIpc) is 3.08. The molecule has 0 aromatic heterocycles. The van der Waals surface area contributed by atoms with Gasteiger partial charge in [-0.3, -0.25) is 9.59 Å². The highest BCUT2D eigenvalue weighted by Gasteiger charge is 2.54. The molecule has 0 bridgehead atoms. The summed E-state index contributed by atoms with van der Waals surface area (Å²) in [4.78, 5) is 25.9. The third-order valence-electron chi connectivity index (χ3n) is 4.33. The van der Waals surface area contributed by atoms with Gasteiger partial charge in [-0.05, 0) is 31.2 Å². The lowest BCUT2D eigenvalue weighted by Gasteiger charge is -2.27. The number of nitrogens with two attached hydrogens (primary N) is 1. The molecule has 1 aromatic carbocycles. The highest BCUT2D eigenvalue weighted by molar-refractivity contribution is 5.95. The summed E-state index contributed by atoms with van der Waals surface area (Å²) in [6.45, 7) is 0.654. The first kappa shape index (κ1) is 12.2. The third kappa shape index (κ3) is 1.91. The van der Waals surface area contributed by atoms with Gasteiger partial charge in [0.05, 0.1) is 5.41 Å². The van der Waals surface area contributed by atoms with Crippen LogP contribution in [0.5, 0.6) is 0 Å². The monoisotopic (exact) mass is 258 g/mol. The van der Waals surface area contributed by atoms with E-state index < -0.39 is 6.04 Å². The molecule has 2 N–H and O–H groups in total. The van der Waals surface area contributed by atoms with Gasteiger partial charge in [0.1, 0.15) is 6.04 Å². The quantitative estimate of drug-likeness (QED) is 0.885. The molecule has 1 atom stereocenters. The Hall–Kier alpha value is -1.84. The highest BCUT2D eigenvalue weighted by Crippen LogP contribution is 2.50. The van der Waals surface area contributed by atoms with Gasteiger partial charge in [-0.2, -0.15) is 0 Å². The number of hydrogen-bond acceptors (Lipinski definition) is 2. The molecule has 2 fully saturated rings. The predicted octanol–water partition coefficient (Wildman–Crippen LogP) is 1.19. The molecular weight excluding hydrogens is 240 g/mol. The lowest BCUT2D eigenvalue weighted by atomic mass is 9.94. The summed E-state index contributed by atoms with van der Waals surface area (Å²) in [6.07, 6.45) is 3.31. The zero-order valence-electron chi connectivity index (χ0n) is 10.8. The second-order valence-electron chi connectivity index (χ2n) is 5.51. The van der Waals surface area contributed by atoms with Crippen molar-refractivity contribution in [3.8, 4) is 0 Å². The van der Waals surface area contributed by atoms with Gasteiger partial charge in [-0.25, -0.2) is 0 Å². The Kier molecular flexibility index (Phi) is 2.81. The number of likely N-dealkylation sites (tertiary alicyclic amines) is 1. The molecule has 0 radical (unpaired) electrons. The van der Waals surface area contributed by atoms with Crippen molar-refractivity contribution in [1.29, 1.82) is 0 Å². The summed E-state index contributed by atoms with van der Waals surface area (Å²) in [6, 6.07) is 9.46. The Morgan fingerprint density at radius 1 is 1.21 bits per heavy atom. The number of primary amides is 1. The van der Waals surface area contributed by atoms with E-state index in [9.17, 15) is 9.59 Å². The van der Waals surface area contributed by atoms with Crippen molar-refractivity contribution in [1.82, 2.24) is 4.90 Å². The minimum absolute atomic E-state index is 0.0833. The van der Waals surface area contributed by atoms with E-state index in [0.29, 0.717) is 13.0 Å². The molecule has 0 spiro atoms. The van der Waals surface area contributed by atoms with E-state index >= 15 is 0 Å². The van der Waals surface area contributed by atoms with Crippen LogP contribution in [0, 0.1) is 0 Å². The van der Waals surface area contributed by atoms with Crippen molar-refractivity contribution >= 4 is 11.8 Å². The van der Waals surface area contributed by atoms with Crippen LogP contribution in [0.2, 0.25) is 0 Å². The van der Waals surface area contributed by atoms with Gasteiger partial charge >= 0.3 is 0 Å². The van der Waals surface area contributed by atoms with E-state index in [1.165, 1.54) is 0 Å². The van der Waals surface area contributed by atoms with Crippen molar-refractivity contribution in [2.45, 2.75) is 37.1 Å². The van der Waals surface area contributed by atoms with Crippen molar-refractivity contribution < 1.29 is 9.59 Å². The van der Waals surface area contributed by atoms with Crippen LogP contribution in [0.1, 0.15) is 31.2 Å². The molecule has 100 valence electrons. The number of carbonyl (C=O) groups excluding carboxylic acids is 2. The van der Waals surface area contributed by atoms with Crippen LogP contribution in [0.15, 0.2) is 30.3 Å². The van der Waals surface area contributed by atoms with Crippen LogP contribution in [0.4, 0.5) is 0 Å². The topological polar surface area (TPSA) is 63.4 Å². The molecule has 1 unspecified atom stereocenters. The summed E-state index contributed by atoms with van der Waals surface area (Å²) >= 11 is 0. The molecule has 4 nitrogen and oxygen atoms in total. The Labute approximate surface area is 112 Å². The lowest BCUT2D eigenvalue weighted by molar-refractivity contribution is -0.139. The van der Waals surface area contributed by atoms with E-state index in [0.717, 1.165) is 24.8 Å². The minimum atomic E-state index is -0.409. The zero-order chi connectivity index (χ0) is 13.5. The largest absolute Gasteiger partial charge is 0.368 e. The average molecular weight is 258 g/mol. The van der Waals surface area contributed by atoms with E-state index in [1.807, 2.05) is 30.3 Å². The molecule has 2 amide bonds. The van der Waals surface area contributed by atoms with Gasteiger partial charge in [0.25, 0.3) is 0 Å². The fourth-order valence-electron chi connectivity index (χ4n) is 3.09. The van der Waals surface area contributed by atoms with E-state index in [1.54, 1.807) is 4.90 Å². The first-order valence-electron chi connectivity index (χ1n) is 6.81. The van der Waals surface area contributed by atoms with Crippen molar-refractivity contribution in [3.05, 3.63) is 35.9 Å². The number of hydrogen-bond donors (Lipinski definition) is 1. The summed E-state index contributed by atoms with van der Waals surface area (Å²) in [5.41, 5.74) is 6.07. The number of rotatable bonds is 3. The molecule has 1 aromatic rings. The van der Waals surface area contributed by atoms with Gasteiger partial charge in [-0.1, -0.05) is 30.3 Å². The van der Waals surface area contributed by atoms with Crippen LogP contribution < -0.4 is 5.73 Å². The molecule has 2 aliphatic rings. The predicted molar refractivity (Wildman–Crippen MR) is 71.3 cm³/mol. The lowest BCUT2D eigenvalue weighted by Crippen LogP contribution is -2.47. The number of nitrogens with zero attached hydrogens (tertiary/aromatic N) is 1. The van der Waals surface area contributed by atoms with E-state index in [2.05, 4.69) is 0 Å². The normalized spacial score (nSPS) is 24.2. The fourth-order valence-corrected chi connectivity index (χ4v) is 3.09. The first-order chi connectivity index (χ1) is 9.15. The molecule has 1 saturated heterocycles. The summed E-state index contributed by atoms with van der Waals surface area (Å²) < 4.78 is 0. The SMILES string of the molecule is NC(=O)C1CCCN1C(=O)C1(c2ccccc2)CC1. The molecule has 3 rings (SSSR count). The van der Waals surface area contributed by atoms with Crippen LogP contribution in [-0.4, -0.2) is 29.3 Å². The van der Waals surface area contributed by atoms with Gasteiger partial charge in [0.2, 0.25) is 11.8 Å². The summed E-state index contributed by atoms with van der Waals surface area (Å²) in [7, 11) is 0. The maximum Gasteiger partial charge on any atom is 0.240 e. The second-order valence-corrected chi connectivity index (χ2v) is 5.51. The molecule has 1 aliphatic carbocycles. The highest BCUT2D eigenvalue weighted by atomic mass is 16.2. The van der Waals surface area contributed by atoms with Crippen LogP contribution in [0.3, 0.4) is 0 Å².